The molecule has 0 aliphatic heterocycles. The summed E-state index contributed by atoms with van der Waals surface area (Å²) in [5.74, 6) is 0.809. The van der Waals surface area contributed by atoms with Gasteiger partial charge in [0, 0.05) is 6.42 Å². The number of benzene rings is 1. The summed E-state index contributed by atoms with van der Waals surface area (Å²) < 4.78 is 0. The van der Waals surface area contributed by atoms with Crippen LogP contribution in [0.1, 0.15) is 63.0 Å². The lowest BCUT2D eigenvalue weighted by Crippen LogP contribution is -2.03. The van der Waals surface area contributed by atoms with Gasteiger partial charge in [0.2, 0.25) is 0 Å². The molecule has 0 radical (unpaired) electrons. The van der Waals surface area contributed by atoms with Gasteiger partial charge in [-0.3, -0.25) is 4.79 Å². The van der Waals surface area contributed by atoms with E-state index >= 15 is 0 Å². The molecular weight excluding hydrogens is 232 g/mol. The third kappa shape index (κ3) is 4.34. The highest BCUT2D eigenvalue weighted by molar-refractivity contribution is 5.92. The van der Waals surface area contributed by atoms with Gasteiger partial charge in [-0.2, -0.15) is 0 Å². The summed E-state index contributed by atoms with van der Waals surface area (Å²) in [4.78, 5) is 12.0. The van der Waals surface area contributed by atoms with Crippen molar-refractivity contribution in [3.8, 4) is 0 Å². The van der Waals surface area contributed by atoms with Crippen LogP contribution in [-0.4, -0.2) is 5.78 Å². The van der Waals surface area contributed by atoms with Gasteiger partial charge in [0.1, 0.15) is 0 Å². The maximum absolute atomic E-state index is 12.0. The normalized spacial score (nSPS) is 15.6. The van der Waals surface area contributed by atoms with Crippen LogP contribution in [0.3, 0.4) is 0 Å². The molecule has 0 amide bonds. The van der Waals surface area contributed by atoms with Gasteiger partial charge in [-0.05, 0) is 48.8 Å². The highest BCUT2D eigenvalue weighted by Crippen LogP contribution is 2.23. The van der Waals surface area contributed by atoms with Crippen molar-refractivity contribution in [1.29, 1.82) is 0 Å². The van der Waals surface area contributed by atoms with Crippen LogP contribution in [0, 0.1) is 0 Å². The number of hydrogen-bond donors (Lipinski definition) is 0. The molecule has 1 aliphatic rings. The minimum atomic E-state index is 0.259. The van der Waals surface area contributed by atoms with Gasteiger partial charge >= 0.3 is 0 Å². The molecule has 1 nitrogen and oxygen atoms in total. The smallest absolute Gasteiger partial charge is 0.160 e. The highest BCUT2D eigenvalue weighted by Gasteiger charge is 2.08. The van der Waals surface area contributed by atoms with Crippen molar-refractivity contribution < 1.29 is 4.79 Å². The molecule has 1 aliphatic carbocycles. The number of rotatable bonds is 4. The van der Waals surface area contributed by atoms with E-state index in [0.29, 0.717) is 12.3 Å². The number of carbonyl (C=O) groups excluding carboxylic acids is 1. The lowest BCUT2D eigenvalue weighted by molar-refractivity contribution is -0.114. The van der Waals surface area contributed by atoms with E-state index in [-0.39, 0.29) is 5.78 Å². The predicted octanol–water partition coefficient (Wildman–Crippen LogP) is 4.81. The summed E-state index contributed by atoms with van der Waals surface area (Å²) in [5, 5.41) is 0. The molecule has 0 aromatic heterocycles. The second-order valence-corrected chi connectivity index (χ2v) is 5.90. The van der Waals surface area contributed by atoms with Crippen LogP contribution in [0.25, 0.3) is 0 Å². The standard InChI is InChI=1S/C18H24O/c1-14(2)17-10-8-16(9-11-17)13-18(19)12-15-6-4-3-5-7-15/h8-12,14H,3-7,13H2,1-2H3. The molecule has 19 heavy (non-hydrogen) atoms. The molecule has 0 spiro atoms. The zero-order valence-corrected chi connectivity index (χ0v) is 12.1. The molecule has 1 aromatic rings. The van der Waals surface area contributed by atoms with Gasteiger partial charge in [0.15, 0.2) is 5.78 Å². The summed E-state index contributed by atoms with van der Waals surface area (Å²) in [6, 6.07) is 8.46. The van der Waals surface area contributed by atoms with Crippen molar-refractivity contribution in [2.45, 2.75) is 58.3 Å². The van der Waals surface area contributed by atoms with E-state index in [1.165, 1.54) is 30.4 Å². The summed E-state index contributed by atoms with van der Waals surface area (Å²) in [6.45, 7) is 4.38. The van der Waals surface area contributed by atoms with Crippen LogP contribution >= 0.6 is 0 Å². The monoisotopic (exact) mass is 256 g/mol. The molecule has 1 heteroatoms. The Kier molecular flexibility index (Phi) is 4.95. The van der Waals surface area contributed by atoms with E-state index in [4.69, 9.17) is 0 Å². The van der Waals surface area contributed by atoms with E-state index in [2.05, 4.69) is 38.1 Å². The molecule has 0 unspecified atom stereocenters. The fourth-order valence-corrected chi connectivity index (χ4v) is 2.65. The first-order valence-corrected chi connectivity index (χ1v) is 7.46. The van der Waals surface area contributed by atoms with Gasteiger partial charge < -0.3 is 0 Å². The first-order chi connectivity index (χ1) is 9.15. The second kappa shape index (κ2) is 6.70. The molecule has 0 heterocycles. The third-order valence-electron chi connectivity index (χ3n) is 3.89. The van der Waals surface area contributed by atoms with Crippen molar-refractivity contribution in [1.82, 2.24) is 0 Å². The Balaban J connectivity index is 1.94. The minimum Gasteiger partial charge on any atom is -0.294 e. The molecule has 0 N–H and O–H groups in total. The average molecular weight is 256 g/mol. The molecular formula is C18H24O. The molecule has 0 saturated heterocycles. The Labute approximate surface area is 116 Å². The first kappa shape index (κ1) is 14.0. The molecule has 0 bridgehead atoms. The third-order valence-corrected chi connectivity index (χ3v) is 3.89. The maximum Gasteiger partial charge on any atom is 0.160 e. The Morgan fingerprint density at radius 1 is 1.11 bits per heavy atom. The fraction of sp³-hybridized carbons (Fsp3) is 0.500. The van der Waals surface area contributed by atoms with Crippen LogP contribution < -0.4 is 0 Å². The van der Waals surface area contributed by atoms with Crippen LogP contribution in [0.15, 0.2) is 35.9 Å². The Bertz CT molecular complexity index is 443. The summed E-state index contributed by atoms with van der Waals surface area (Å²) in [5.41, 5.74) is 3.82. The van der Waals surface area contributed by atoms with Crippen LogP contribution in [0.5, 0.6) is 0 Å². The summed E-state index contributed by atoms with van der Waals surface area (Å²) >= 11 is 0. The Hall–Kier alpha value is -1.37. The summed E-state index contributed by atoms with van der Waals surface area (Å²) in [6.07, 6.45) is 8.51. The quantitative estimate of drug-likeness (QED) is 0.706. The first-order valence-electron chi connectivity index (χ1n) is 7.46. The maximum atomic E-state index is 12.0. The lowest BCUT2D eigenvalue weighted by atomic mass is 9.93. The van der Waals surface area contributed by atoms with E-state index < -0.39 is 0 Å². The Morgan fingerprint density at radius 2 is 1.74 bits per heavy atom. The zero-order chi connectivity index (χ0) is 13.7. The SMILES string of the molecule is CC(C)c1ccc(CC(=O)C=C2CCCCC2)cc1. The van der Waals surface area contributed by atoms with Gasteiger partial charge in [-0.25, -0.2) is 0 Å². The van der Waals surface area contributed by atoms with Gasteiger partial charge in [0.25, 0.3) is 0 Å². The highest BCUT2D eigenvalue weighted by atomic mass is 16.1. The van der Waals surface area contributed by atoms with E-state index in [1.54, 1.807) is 0 Å². The number of carbonyl (C=O) groups is 1. The fourth-order valence-electron chi connectivity index (χ4n) is 2.65. The predicted molar refractivity (Wildman–Crippen MR) is 80.4 cm³/mol. The number of ketones is 1. The van der Waals surface area contributed by atoms with E-state index in [0.717, 1.165) is 18.4 Å². The van der Waals surface area contributed by atoms with Gasteiger partial charge in [-0.15, -0.1) is 0 Å². The van der Waals surface area contributed by atoms with Crippen molar-refractivity contribution in [2.75, 3.05) is 0 Å². The van der Waals surface area contributed by atoms with Gasteiger partial charge in [0.05, 0.1) is 0 Å². The number of hydrogen-bond acceptors (Lipinski definition) is 1. The van der Waals surface area contributed by atoms with Crippen LogP contribution in [0.4, 0.5) is 0 Å². The zero-order valence-electron chi connectivity index (χ0n) is 12.1. The molecule has 1 saturated carbocycles. The Morgan fingerprint density at radius 3 is 2.32 bits per heavy atom. The summed E-state index contributed by atoms with van der Waals surface area (Å²) in [7, 11) is 0. The van der Waals surface area contributed by atoms with E-state index in [9.17, 15) is 4.79 Å². The van der Waals surface area contributed by atoms with Crippen LogP contribution in [-0.2, 0) is 11.2 Å². The second-order valence-electron chi connectivity index (χ2n) is 5.90. The molecule has 2 rings (SSSR count). The molecule has 0 atom stereocenters. The van der Waals surface area contributed by atoms with Gasteiger partial charge in [-0.1, -0.05) is 50.1 Å². The van der Waals surface area contributed by atoms with Crippen LogP contribution in [0.2, 0.25) is 0 Å². The number of allylic oxidation sites excluding steroid dienone is 2. The topological polar surface area (TPSA) is 17.1 Å². The van der Waals surface area contributed by atoms with Crippen molar-refractivity contribution in [2.24, 2.45) is 0 Å². The molecule has 1 fully saturated rings. The van der Waals surface area contributed by atoms with E-state index in [1.807, 2.05) is 6.08 Å². The average Bonchev–Trinajstić information content (AvgIpc) is 2.40. The minimum absolute atomic E-state index is 0.259. The molecule has 1 aromatic carbocycles. The molecule has 102 valence electrons. The van der Waals surface area contributed by atoms with Crippen molar-refractivity contribution in [3.63, 3.8) is 0 Å². The van der Waals surface area contributed by atoms with Crippen molar-refractivity contribution in [3.05, 3.63) is 47.0 Å². The van der Waals surface area contributed by atoms with Crippen molar-refractivity contribution >= 4 is 5.78 Å². The largest absolute Gasteiger partial charge is 0.294 e. The lowest BCUT2D eigenvalue weighted by Gasteiger charge is -2.13.